The van der Waals surface area contributed by atoms with Crippen LogP contribution in [0.5, 0.6) is 0 Å². The van der Waals surface area contributed by atoms with Crippen molar-refractivity contribution >= 4 is 5.91 Å². The molecule has 1 N–H and O–H groups in total. The summed E-state index contributed by atoms with van der Waals surface area (Å²) in [6.45, 7) is 7.19. The fourth-order valence-electron chi connectivity index (χ4n) is 3.36. The summed E-state index contributed by atoms with van der Waals surface area (Å²) < 4.78 is 0. The van der Waals surface area contributed by atoms with Crippen molar-refractivity contribution in [3.05, 3.63) is 0 Å². The van der Waals surface area contributed by atoms with E-state index in [1.54, 1.807) is 0 Å². The highest BCUT2D eigenvalue weighted by Gasteiger charge is 2.48. The first-order valence-corrected chi connectivity index (χ1v) is 7.51. The van der Waals surface area contributed by atoms with E-state index in [9.17, 15) is 10.1 Å². The predicted octanol–water partition coefficient (Wildman–Crippen LogP) is 1.92. The molecule has 19 heavy (non-hydrogen) atoms. The van der Waals surface area contributed by atoms with Gasteiger partial charge in [0.1, 0.15) is 5.41 Å². The first-order chi connectivity index (χ1) is 9.07. The molecule has 4 nitrogen and oxygen atoms in total. The summed E-state index contributed by atoms with van der Waals surface area (Å²) in [5, 5.41) is 12.2. The standard InChI is InChI=1S/C15H25N3O/c1-12-8-15(9-12,11-16)14(19)17-10-13(2)18-6-4-3-5-7-18/h12-13H,3-10H2,1-2H3,(H,17,19). The van der Waals surface area contributed by atoms with Crippen LogP contribution in [0.4, 0.5) is 0 Å². The minimum Gasteiger partial charge on any atom is -0.353 e. The van der Waals surface area contributed by atoms with Crippen LogP contribution in [0.1, 0.15) is 46.0 Å². The summed E-state index contributed by atoms with van der Waals surface area (Å²) in [5.41, 5.74) is -0.735. The maximum Gasteiger partial charge on any atom is 0.240 e. The molecule has 2 aliphatic rings. The van der Waals surface area contributed by atoms with Crippen molar-refractivity contribution in [1.82, 2.24) is 10.2 Å². The Kier molecular flexibility index (Phi) is 4.46. The van der Waals surface area contributed by atoms with E-state index < -0.39 is 5.41 Å². The van der Waals surface area contributed by atoms with Gasteiger partial charge in [-0.25, -0.2) is 0 Å². The van der Waals surface area contributed by atoms with Gasteiger partial charge < -0.3 is 5.32 Å². The molecule has 0 spiro atoms. The first kappa shape index (κ1) is 14.3. The Labute approximate surface area is 116 Å². The Morgan fingerprint density at radius 3 is 2.58 bits per heavy atom. The van der Waals surface area contributed by atoms with Gasteiger partial charge in [-0.3, -0.25) is 9.69 Å². The van der Waals surface area contributed by atoms with Gasteiger partial charge >= 0.3 is 0 Å². The summed E-state index contributed by atoms with van der Waals surface area (Å²) in [4.78, 5) is 14.6. The van der Waals surface area contributed by atoms with Crippen molar-refractivity contribution < 1.29 is 4.79 Å². The Hall–Kier alpha value is -1.08. The Morgan fingerprint density at radius 2 is 2.05 bits per heavy atom. The summed E-state index contributed by atoms with van der Waals surface area (Å²) in [7, 11) is 0. The molecule has 1 aliphatic heterocycles. The molecular weight excluding hydrogens is 238 g/mol. The predicted molar refractivity (Wildman–Crippen MR) is 74.3 cm³/mol. The molecule has 2 rings (SSSR count). The minimum atomic E-state index is -0.735. The minimum absolute atomic E-state index is 0.0584. The Morgan fingerprint density at radius 1 is 1.42 bits per heavy atom. The van der Waals surface area contributed by atoms with Gasteiger partial charge in [0.25, 0.3) is 0 Å². The SMILES string of the molecule is CC1CC(C#N)(C(=O)NCC(C)N2CCCCC2)C1. The highest BCUT2D eigenvalue weighted by Crippen LogP contribution is 2.45. The van der Waals surface area contributed by atoms with Crippen LogP contribution in [-0.4, -0.2) is 36.5 Å². The zero-order valence-corrected chi connectivity index (χ0v) is 12.1. The van der Waals surface area contributed by atoms with Gasteiger partial charge in [0.15, 0.2) is 0 Å². The maximum absolute atomic E-state index is 12.2. The summed E-state index contributed by atoms with van der Waals surface area (Å²) >= 11 is 0. The Bertz CT molecular complexity index is 362. The monoisotopic (exact) mass is 263 g/mol. The molecule has 0 bridgehead atoms. The van der Waals surface area contributed by atoms with Crippen molar-refractivity contribution in [2.75, 3.05) is 19.6 Å². The highest BCUT2D eigenvalue weighted by molar-refractivity contribution is 5.86. The zero-order chi connectivity index (χ0) is 13.9. The van der Waals surface area contributed by atoms with Crippen molar-refractivity contribution in [2.45, 2.75) is 52.0 Å². The van der Waals surface area contributed by atoms with Crippen molar-refractivity contribution in [2.24, 2.45) is 11.3 Å². The van der Waals surface area contributed by atoms with Crippen molar-refractivity contribution in [1.29, 1.82) is 5.26 Å². The lowest BCUT2D eigenvalue weighted by Gasteiger charge is -2.40. The van der Waals surface area contributed by atoms with Gasteiger partial charge in [0, 0.05) is 12.6 Å². The topological polar surface area (TPSA) is 56.1 Å². The van der Waals surface area contributed by atoms with Crippen LogP contribution in [0.25, 0.3) is 0 Å². The average Bonchev–Trinajstić information content (AvgIpc) is 2.41. The lowest BCUT2D eigenvalue weighted by atomic mass is 9.63. The van der Waals surface area contributed by atoms with Crippen LogP contribution in [-0.2, 0) is 4.79 Å². The molecule has 1 amide bonds. The Balaban J connectivity index is 1.78. The second-order valence-electron chi connectivity index (χ2n) is 6.36. The van der Waals surface area contributed by atoms with E-state index >= 15 is 0 Å². The molecule has 4 heteroatoms. The molecule has 1 saturated heterocycles. The molecule has 1 saturated carbocycles. The normalized spacial score (nSPS) is 33.0. The molecule has 1 aliphatic carbocycles. The van der Waals surface area contributed by atoms with Gasteiger partial charge in [-0.2, -0.15) is 5.26 Å². The van der Waals surface area contributed by atoms with E-state index in [4.69, 9.17) is 0 Å². The molecule has 0 aromatic carbocycles. The number of likely N-dealkylation sites (tertiary alicyclic amines) is 1. The second kappa shape index (κ2) is 5.92. The highest BCUT2D eigenvalue weighted by atomic mass is 16.2. The molecule has 1 heterocycles. The van der Waals surface area contributed by atoms with E-state index in [2.05, 4.69) is 30.1 Å². The number of carbonyl (C=O) groups is 1. The molecule has 2 fully saturated rings. The van der Waals surface area contributed by atoms with E-state index in [1.807, 2.05) is 0 Å². The van der Waals surface area contributed by atoms with Crippen molar-refractivity contribution in [3.63, 3.8) is 0 Å². The first-order valence-electron chi connectivity index (χ1n) is 7.51. The number of carbonyl (C=O) groups excluding carboxylic acids is 1. The third-order valence-corrected chi connectivity index (χ3v) is 4.61. The van der Waals surface area contributed by atoms with Gasteiger partial charge in [0.05, 0.1) is 6.07 Å². The van der Waals surface area contributed by atoms with Crippen molar-refractivity contribution in [3.8, 4) is 6.07 Å². The molecule has 0 aromatic rings. The van der Waals surface area contributed by atoms with Gasteiger partial charge in [-0.1, -0.05) is 13.3 Å². The van der Waals surface area contributed by atoms with Gasteiger partial charge in [-0.15, -0.1) is 0 Å². The third-order valence-electron chi connectivity index (χ3n) is 4.61. The maximum atomic E-state index is 12.2. The number of piperidine rings is 1. The quantitative estimate of drug-likeness (QED) is 0.843. The van der Waals surface area contributed by atoms with Crippen LogP contribution in [0.3, 0.4) is 0 Å². The smallest absolute Gasteiger partial charge is 0.240 e. The summed E-state index contributed by atoms with van der Waals surface area (Å²) in [6, 6.07) is 2.60. The number of hydrogen-bond donors (Lipinski definition) is 1. The van der Waals surface area contributed by atoms with Gasteiger partial charge in [0.2, 0.25) is 5.91 Å². The lowest BCUT2D eigenvalue weighted by Crippen LogP contribution is -2.51. The van der Waals surface area contributed by atoms with Crippen LogP contribution >= 0.6 is 0 Å². The largest absolute Gasteiger partial charge is 0.353 e. The fraction of sp³-hybridized carbons (Fsp3) is 0.867. The molecule has 1 atom stereocenters. The number of nitrogens with zero attached hydrogens (tertiary/aromatic N) is 2. The van der Waals surface area contributed by atoms with Gasteiger partial charge in [-0.05, 0) is 51.6 Å². The zero-order valence-electron chi connectivity index (χ0n) is 12.1. The molecule has 0 radical (unpaired) electrons. The van der Waals surface area contributed by atoms with E-state index in [1.165, 1.54) is 19.3 Å². The molecular formula is C15H25N3O. The molecule has 1 unspecified atom stereocenters. The summed E-state index contributed by atoms with van der Waals surface area (Å²) in [6.07, 6.45) is 5.28. The number of rotatable bonds is 4. The van der Waals surface area contributed by atoms with E-state index in [0.717, 1.165) is 13.1 Å². The van der Waals surface area contributed by atoms with Crippen LogP contribution < -0.4 is 5.32 Å². The van der Waals surface area contributed by atoms with Crippen LogP contribution in [0, 0.1) is 22.7 Å². The van der Waals surface area contributed by atoms with E-state index in [-0.39, 0.29) is 5.91 Å². The lowest BCUT2D eigenvalue weighted by molar-refractivity contribution is -0.134. The molecule has 0 aromatic heterocycles. The fourth-order valence-corrected chi connectivity index (χ4v) is 3.36. The third kappa shape index (κ3) is 3.09. The van der Waals surface area contributed by atoms with E-state index in [0.29, 0.717) is 31.3 Å². The second-order valence-corrected chi connectivity index (χ2v) is 6.36. The van der Waals surface area contributed by atoms with Crippen LogP contribution in [0.15, 0.2) is 0 Å². The number of amides is 1. The number of nitriles is 1. The van der Waals surface area contributed by atoms with Crippen LogP contribution in [0.2, 0.25) is 0 Å². The molecule has 106 valence electrons. The average molecular weight is 263 g/mol. The summed E-state index contributed by atoms with van der Waals surface area (Å²) in [5.74, 6) is 0.446. The number of hydrogen-bond acceptors (Lipinski definition) is 3. The number of nitrogens with one attached hydrogen (secondary N) is 1.